The third kappa shape index (κ3) is 2.86. The maximum atomic E-state index is 5.88. The van der Waals surface area contributed by atoms with Gasteiger partial charge in [0.2, 0.25) is 0 Å². The Kier molecular flexibility index (Phi) is 3.65. The number of fused-ring (bicyclic) bond motifs is 1. The molecule has 1 aliphatic carbocycles. The van der Waals surface area contributed by atoms with Crippen molar-refractivity contribution in [3.8, 4) is 11.5 Å². The molecule has 1 aliphatic heterocycles. The molecule has 3 heteroatoms. The fraction of sp³-hybridized carbons (Fsp3) is 0.625. The fourth-order valence-electron chi connectivity index (χ4n) is 2.67. The van der Waals surface area contributed by atoms with E-state index in [1.165, 1.54) is 18.4 Å². The van der Waals surface area contributed by atoms with E-state index in [0.29, 0.717) is 12.0 Å². The van der Waals surface area contributed by atoms with E-state index in [2.05, 4.69) is 37.4 Å². The molecular weight excluding hydrogens is 238 g/mol. The molecule has 0 aromatic heterocycles. The Morgan fingerprint density at radius 1 is 1.21 bits per heavy atom. The lowest BCUT2D eigenvalue weighted by Crippen LogP contribution is -2.22. The second-order valence-electron chi connectivity index (χ2n) is 5.81. The van der Waals surface area contributed by atoms with Crippen LogP contribution in [0.25, 0.3) is 0 Å². The van der Waals surface area contributed by atoms with Gasteiger partial charge in [-0.2, -0.15) is 0 Å². The first-order valence-corrected chi connectivity index (χ1v) is 7.41. The third-order valence-corrected chi connectivity index (χ3v) is 3.89. The van der Waals surface area contributed by atoms with E-state index in [4.69, 9.17) is 9.47 Å². The first kappa shape index (κ1) is 12.8. The van der Waals surface area contributed by atoms with Crippen molar-refractivity contribution < 1.29 is 9.47 Å². The van der Waals surface area contributed by atoms with Gasteiger partial charge in [0.05, 0.1) is 13.2 Å². The number of benzene rings is 1. The molecular formula is C16H23NO2. The zero-order chi connectivity index (χ0) is 13.2. The van der Waals surface area contributed by atoms with Gasteiger partial charge in [-0.25, -0.2) is 0 Å². The fourth-order valence-corrected chi connectivity index (χ4v) is 2.67. The maximum Gasteiger partial charge on any atom is 0.161 e. The predicted octanol–water partition coefficient (Wildman–Crippen LogP) is 3.15. The van der Waals surface area contributed by atoms with E-state index < -0.39 is 0 Å². The summed E-state index contributed by atoms with van der Waals surface area (Å²) in [6, 6.07) is 6.89. The van der Waals surface area contributed by atoms with Crippen molar-refractivity contribution >= 4 is 0 Å². The van der Waals surface area contributed by atoms with Crippen LogP contribution in [0.3, 0.4) is 0 Å². The summed E-state index contributed by atoms with van der Waals surface area (Å²) in [6.07, 6.45) is 2.67. The molecule has 2 atom stereocenters. The molecule has 0 spiro atoms. The Hall–Kier alpha value is -1.22. The Balaban J connectivity index is 1.83. The molecule has 3 rings (SSSR count). The van der Waals surface area contributed by atoms with Crippen LogP contribution in [0.15, 0.2) is 18.2 Å². The molecule has 0 radical (unpaired) electrons. The summed E-state index contributed by atoms with van der Waals surface area (Å²) < 4.78 is 11.7. The van der Waals surface area contributed by atoms with Gasteiger partial charge in [0.1, 0.15) is 0 Å². The molecule has 0 bridgehead atoms. The van der Waals surface area contributed by atoms with Crippen molar-refractivity contribution in [2.45, 2.75) is 32.7 Å². The normalized spacial score (nSPS) is 23.8. The van der Waals surface area contributed by atoms with Gasteiger partial charge in [0, 0.05) is 12.0 Å². The van der Waals surface area contributed by atoms with Crippen molar-refractivity contribution in [2.24, 2.45) is 11.8 Å². The van der Waals surface area contributed by atoms with Gasteiger partial charge in [-0.3, -0.25) is 0 Å². The smallest absolute Gasteiger partial charge is 0.161 e. The minimum Gasteiger partial charge on any atom is -0.489 e. The van der Waals surface area contributed by atoms with Gasteiger partial charge in [0.25, 0.3) is 0 Å². The van der Waals surface area contributed by atoms with Gasteiger partial charge < -0.3 is 14.8 Å². The first-order chi connectivity index (χ1) is 9.28. The molecule has 3 nitrogen and oxygen atoms in total. The molecule has 0 amide bonds. The summed E-state index contributed by atoms with van der Waals surface area (Å²) in [6.45, 7) is 6.81. The second-order valence-corrected chi connectivity index (χ2v) is 5.81. The summed E-state index contributed by atoms with van der Waals surface area (Å²) in [5, 5.41) is 3.60. The summed E-state index contributed by atoms with van der Waals surface area (Å²) >= 11 is 0. The lowest BCUT2D eigenvalue weighted by atomic mass is 10.0. The van der Waals surface area contributed by atoms with Crippen molar-refractivity contribution in [3.63, 3.8) is 0 Å². The minimum absolute atomic E-state index is 0.448. The summed E-state index contributed by atoms with van der Waals surface area (Å²) in [5.41, 5.74) is 1.33. The Bertz CT molecular complexity index is 442. The number of ether oxygens (including phenoxy) is 2. The molecule has 1 N–H and O–H groups in total. The average molecular weight is 261 g/mol. The molecule has 1 saturated carbocycles. The van der Waals surface area contributed by atoms with Crippen LogP contribution >= 0.6 is 0 Å². The standard InChI is InChI=1S/C16H23NO2/c1-3-17-16(12-4-5-12)13-6-7-14-15(8-13)19-10-11(2)9-18-14/h6-8,11-12,16-17H,3-5,9-10H2,1-2H3. The number of hydrogen-bond donors (Lipinski definition) is 1. The van der Waals surface area contributed by atoms with Crippen LogP contribution in [0.2, 0.25) is 0 Å². The molecule has 19 heavy (non-hydrogen) atoms. The number of rotatable bonds is 4. The van der Waals surface area contributed by atoms with Gasteiger partial charge >= 0.3 is 0 Å². The number of hydrogen-bond acceptors (Lipinski definition) is 3. The summed E-state index contributed by atoms with van der Waals surface area (Å²) in [5.74, 6) is 3.04. The van der Waals surface area contributed by atoms with Crippen molar-refractivity contribution in [3.05, 3.63) is 23.8 Å². The predicted molar refractivity (Wildman–Crippen MR) is 75.7 cm³/mol. The topological polar surface area (TPSA) is 30.5 Å². The highest BCUT2D eigenvalue weighted by Gasteiger charge is 2.32. The Labute approximate surface area is 115 Å². The van der Waals surface area contributed by atoms with Crippen LogP contribution in [0.5, 0.6) is 11.5 Å². The van der Waals surface area contributed by atoms with Crippen LogP contribution in [0.4, 0.5) is 0 Å². The quantitative estimate of drug-likeness (QED) is 0.903. The van der Waals surface area contributed by atoms with E-state index in [1.54, 1.807) is 0 Å². The second kappa shape index (κ2) is 5.41. The molecule has 2 aliphatic rings. The van der Waals surface area contributed by atoms with Crippen LogP contribution in [0, 0.1) is 11.8 Å². The van der Waals surface area contributed by atoms with Crippen LogP contribution < -0.4 is 14.8 Å². The lowest BCUT2D eigenvalue weighted by Gasteiger charge is -2.19. The molecule has 104 valence electrons. The molecule has 0 saturated heterocycles. The summed E-state index contributed by atoms with van der Waals surface area (Å²) in [7, 11) is 0. The van der Waals surface area contributed by atoms with Gasteiger partial charge in [-0.1, -0.05) is 19.9 Å². The average Bonchev–Trinajstić information content (AvgIpc) is 3.25. The third-order valence-electron chi connectivity index (χ3n) is 3.89. The van der Waals surface area contributed by atoms with Gasteiger partial charge in [-0.05, 0) is 43.0 Å². The van der Waals surface area contributed by atoms with E-state index in [9.17, 15) is 0 Å². The molecule has 1 fully saturated rings. The summed E-state index contributed by atoms with van der Waals surface area (Å²) in [4.78, 5) is 0. The lowest BCUT2D eigenvalue weighted by molar-refractivity contribution is 0.228. The van der Waals surface area contributed by atoms with E-state index in [0.717, 1.165) is 37.2 Å². The molecule has 1 aromatic carbocycles. The molecule has 2 unspecified atom stereocenters. The maximum absolute atomic E-state index is 5.88. The van der Waals surface area contributed by atoms with E-state index >= 15 is 0 Å². The zero-order valence-corrected chi connectivity index (χ0v) is 11.8. The van der Waals surface area contributed by atoms with Gasteiger partial charge in [0.15, 0.2) is 11.5 Å². The van der Waals surface area contributed by atoms with Gasteiger partial charge in [-0.15, -0.1) is 0 Å². The molecule has 1 aromatic rings. The van der Waals surface area contributed by atoms with E-state index in [1.807, 2.05) is 0 Å². The Morgan fingerprint density at radius 2 is 1.95 bits per heavy atom. The monoisotopic (exact) mass is 261 g/mol. The largest absolute Gasteiger partial charge is 0.489 e. The SMILES string of the molecule is CCNC(c1ccc2c(c1)OCC(C)CO2)C1CC1. The van der Waals surface area contributed by atoms with Crippen LogP contribution in [-0.4, -0.2) is 19.8 Å². The van der Waals surface area contributed by atoms with Crippen molar-refractivity contribution in [1.82, 2.24) is 5.32 Å². The van der Waals surface area contributed by atoms with Crippen molar-refractivity contribution in [1.29, 1.82) is 0 Å². The number of nitrogens with one attached hydrogen (secondary N) is 1. The van der Waals surface area contributed by atoms with E-state index in [-0.39, 0.29) is 0 Å². The van der Waals surface area contributed by atoms with Crippen LogP contribution in [-0.2, 0) is 0 Å². The highest BCUT2D eigenvalue weighted by Crippen LogP contribution is 2.43. The first-order valence-electron chi connectivity index (χ1n) is 7.41. The highest BCUT2D eigenvalue weighted by atomic mass is 16.5. The zero-order valence-electron chi connectivity index (χ0n) is 11.8. The van der Waals surface area contributed by atoms with Crippen LogP contribution in [0.1, 0.15) is 38.3 Å². The van der Waals surface area contributed by atoms with Crippen molar-refractivity contribution in [2.75, 3.05) is 19.8 Å². The highest BCUT2D eigenvalue weighted by molar-refractivity contribution is 5.44. The Morgan fingerprint density at radius 3 is 2.63 bits per heavy atom. The minimum atomic E-state index is 0.448. The molecule has 1 heterocycles.